The van der Waals surface area contributed by atoms with E-state index < -0.39 is 24.8 Å². The van der Waals surface area contributed by atoms with Crippen molar-refractivity contribution in [1.29, 1.82) is 0 Å². The molecule has 0 spiro atoms. The fraction of sp³-hybridized carbons (Fsp3) is 0.636. The predicted molar refractivity (Wildman–Crippen MR) is 57.0 cm³/mol. The zero-order chi connectivity index (χ0) is 12.7. The minimum Gasteiger partial charge on any atom is -0.450 e. The summed E-state index contributed by atoms with van der Waals surface area (Å²) < 4.78 is 19.9. The monoisotopic (exact) mass is 244 g/mol. The number of carbonyl (C=O) groups excluding carboxylic acids is 2. The molecule has 0 aliphatic carbocycles. The molecule has 0 aromatic rings. The lowest BCUT2D eigenvalue weighted by Gasteiger charge is -2.15. The van der Waals surface area contributed by atoms with E-state index in [2.05, 4.69) is 11.3 Å². The topological polar surface area (TPSA) is 71.1 Å². The van der Waals surface area contributed by atoms with Crippen LogP contribution in [-0.2, 0) is 28.5 Å². The summed E-state index contributed by atoms with van der Waals surface area (Å²) >= 11 is 0. The lowest BCUT2D eigenvalue weighted by molar-refractivity contribution is -0.189. The molecule has 1 aliphatic rings. The van der Waals surface area contributed by atoms with E-state index in [0.29, 0.717) is 13.2 Å². The van der Waals surface area contributed by atoms with Crippen molar-refractivity contribution in [3.05, 3.63) is 12.2 Å². The molecule has 1 rings (SSSR count). The Kier molecular flexibility index (Phi) is 5.65. The first kappa shape index (κ1) is 13.7. The van der Waals surface area contributed by atoms with Crippen LogP contribution in [0.5, 0.6) is 0 Å². The molecule has 96 valence electrons. The first-order valence-corrected chi connectivity index (χ1v) is 5.31. The van der Waals surface area contributed by atoms with Gasteiger partial charge in [0, 0.05) is 12.2 Å². The first-order chi connectivity index (χ1) is 8.09. The van der Waals surface area contributed by atoms with Crippen molar-refractivity contribution in [2.24, 2.45) is 0 Å². The lowest BCUT2D eigenvalue weighted by Crippen LogP contribution is -2.27. The Labute approximate surface area is 99.5 Å². The Morgan fingerprint density at radius 1 is 1.41 bits per heavy atom. The van der Waals surface area contributed by atoms with Crippen molar-refractivity contribution < 1.29 is 28.5 Å². The third-order valence-corrected chi connectivity index (χ3v) is 1.92. The van der Waals surface area contributed by atoms with Crippen LogP contribution in [-0.4, -0.2) is 44.7 Å². The van der Waals surface area contributed by atoms with Crippen LogP contribution in [0.4, 0.5) is 0 Å². The zero-order valence-electron chi connectivity index (χ0n) is 9.77. The Hall–Kier alpha value is -1.40. The average molecular weight is 244 g/mol. The largest absolute Gasteiger partial charge is 0.450 e. The number of ether oxygens (including phenoxy) is 4. The van der Waals surface area contributed by atoms with Gasteiger partial charge in [0.15, 0.2) is 6.61 Å². The normalized spacial score (nSPS) is 20.2. The molecule has 0 aromatic heterocycles. The fourth-order valence-electron chi connectivity index (χ4n) is 1.10. The van der Waals surface area contributed by atoms with Crippen molar-refractivity contribution in [2.75, 3.05) is 26.4 Å². The summed E-state index contributed by atoms with van der Waals surface area (Å²) in [6.45, 7) is 5.69. The van der Waals surface area contributed by atoms with E-state index in [4.69, 9.17) is 14.2 Å². The molecule has 0 bridgehead atoms. The molecule has 0 N–H and O–H groups in total. The number of hydrogen-bond donors (Lipinski definition) is 0. The van der Waals surface area contributed by atoms with Crippen LogP contribution in [0.25, 0.3) is 0 Å². The number of esters is 2. The summed E-state index contributed by atoms with van der Waals surface area (Å²) in [6, 6.07) is 0. The summed E-state index contributed by atoms with van der Waals surface area (Å²) in [4.78, 5) is 22.3. The molecule has 1 heterocycles. The summed E-state index contributed by atoms with van der Waals surface area (Å²) in [5.41, 5.74) is 0.229. The highest BCUT2D eigenvalue weighted by Gasteiger charge is 2.18. The van der Waals surface area contributed by atoms with Crippen LogP contribution in [0.2, 0.25) is 0 Å². The van der Waals surface area contributed by atoms with Crippen LogP contribution in [0.3, 0.4) is 0 Å². The van der Waals surface area contributed by atoms with Crippen LogP contribution < -0.4 is 0 Å². The molecule has 6 heteroatoms. The van der Waals surface area contributed by atoms with E-state index in [9.17, 15) is 9.59 Å². The quantitative estimate of drug-likeness (QED) is 0.527. The van der Waals surface area contributed by atoms with Gasteiger partial charge >= 0.3 is 11.9 Å². The van der Waals surface area contributed by atoms with Crippen molar-refractivity contribution in [1.82, 2.24) is 0 Å². The number of rotatable bonds is 4. The van der Waals surface area contributed by atoms with Gasteiger partial charge in [-0.25, -0.2) is 9.59 Å². The summed E-state index contributed by atoms with van der Waals surface area (Å²) in [5.74, 6) is -1.30. The summed E-state index contributed by atoms with van der Waals surface area (Å²) in [5, 5.41) is 0. The maximum absolute atomic E-state index is 11.3. The Morgan fingerprint density at radius 3 is 2.88 bits per heavy atom. The van der Waals surface area contributed by atoms with Gasteiger partial charge in [0.1, 0.15) is 6.61 Å². The smallest absolute Gasteiger partial charge is 0.346 e. The minimum absolute atomic E-state index is 0.195. The summed E-state index contributed by atoms with van der Waals surface area (Å²) in [7, 11) is 0. The van der Waals surface area contributed by atoms with Gasteiger partial charge in [0.05, 0.1) is 6.61 Å². The van der Waals surface area contributed by atoms with Gasteiger partial charge in [0.25, 0.3) is 0 Å². The van der Waals surface area contributed by atoms with Gasteiger partial charge < -0.3 is 18.9 Å². The van der Waals surface area contributed by atoms with Crippen molar-refractivity contribution in [2.45, 2.75) is 19.6 Å². The van der Waals surface area contributed by atoms with E-state index >= 15 is 0 Å². The van der Waals surface area contributed by atoms with Crippen molar-refractivity contribution >= 4 is 11.9 Å². The maximum atomic E-state index is 11.3. The third kappa shape index (κ3) is 5.46. The number of carbonyl (C=O) groups is 2. The van der Waals surface area contributed by atoms with Crippen LogP contribution in [0, 0.1) is 0 Å². The highest BCUT2D eigenvalue weighted by molar-refractivity contribution is 5.88. The van der Waals surface area contributed by atoms with E-state index in [-0.39, 0.29) is 12.2 Å². The molecule has 1 fully saturated rings. The molecule has 6 nitrogen and oxygen atoms in total. The molecule has 0 aromatic carbocycles. The highest BCUT2D eigenvalue weighted by Crippen LogP contribution is 2.04. The molecular formula is C11H16O6. The van der Waals surface area contributed by atoms with E-state index in [0.717, 1.165) is 6.42 Å². The average Bonchev–Trinajstić information content (AvgIpc) is 2.54. The highest BCUT2D eigenvalue weighted by atomic mass is 16.7. The van der Waals surface area contributed by atoms with Crippen molar-refractivity contribution in [3.8, 4) is 0 Å². The van der Waals surface area contributed by atoms with Gasteiger partial charge in [0.2, 0.25) is 6.29 Å². The Bertz CT molecular complexity index is 290. The van der Waals surface area contributed by atoms with Gasteiger partial charge in [-0.1, -0.05) is 6.58 Å². The summed E-state index contributed by atoms with van der Waals surface area (Å²) in [6.07, 6.45) is 0.0344. The molecule has 1 saturated heterocycles. The minimum atomic E-state index is -0.728. The molecule has 0 saturated carbocycles. The second kappa shape index (κ2) is 7.03. The zero-order valence-corrected chi connectivity index (χ0v) is 9.77. The van der Waals surface area contributed by atoms with Crippen LogP contribution in [0.15, 0.2) is 12.2 Å². The maximum Gasteiger partial charge on any atom is 0.346 e. The van der Waals surface area contributed by atoms with E-state index in [1.54, 1.807) is 0 Å². The van der Waals surface area contributed by atoms with E-state index in [1.807, 2.05) is 0 Å². The van der Waals surface area contributed by atoms with Crippen LogP contribution in [0.1, 0.15) is 13.3 Å². The van der Waals surface area contributed by atoms with Gasteiger partial charge in [-0.3, -0.25) is 0 Å². The standard InChI is InChI=1S/C11H16O6/c1-8(2)11(13)16-6-9(12)17-10-7-14-4-3-5-15-10/h10H,1,3-7H2,2H3. The molecule has 17 heavy (non-hydrogen) atoms. The fourth-order valence-corrected chi connectivity index (χ4v) is 1.10. The molecule has 1 unspecified atom stereocenters. The SMILES string of the molecule is C=C(C)C(=O)OCC(=O)OC1COCCCO1. The van der Waals surface area contributed by atoms with E-state index in [1.165, 1.54) is 6.92 Å². The van der Waals surface area contributed by atoms with Gasteiger partial charge in [-0.2, -0.15) is 0 Å². The van der Waals surface area contributed by atoms with Gasteiger partial charge in [-0.05, 0) is 13.3 Å². The molecule has 1 atom stereocenters. The predicted octanol–water partition coefficient (Wildman–Crippen LogP) is 0.412. The second-order valence-corrected chi connectivity index (χ2v) is 3.58. The van der Waals surface area contributed by atoms with Gasteiger partial charge in [-0.15, -0.1) is 0 Å². The van der Waals surface area contributed by atoms with Crippen LogP contribution >= 0.6 is 0 Å². The van der Waals surface area contributed by atoms with Crippen molar-refractivity contribution in [3.63, 3.8) is 0 Å². The third-order valence-electron chi connectivity index (χ3n) is 1.92. The first-order valence-electron chi connectivity index (χ1n) is 5.31. The molecular weight excluding hydrogens is 228 g/mol. The Morgan fingerprint density at radius 2 is 2.18 bits per heavy atom. The lowest BCUT2D eigenvalue weighted by atomic mass is 10.4. The second-order valence-electron chi connectivity index (χ2n) is 3.58. The molecule has 1 aliphatic heterocycles. The molecule has 0 amide bonds. The Balaban J connectivity index is 2.23. The number of hydrogen-bond acceptors (Lipinski definition) is 6. The molecule has 0 radical (unpaired) electrons.